The summed E-state index contributed by atoms with van der Waals surface area (Å²) in [6.45, 7) is 6.95. The number of nitrogens with zero attached hydrogens (tertiary/aromatic N) is 2. The third-order valence-electron chi connectivity index (χ3n) is 6.22. The maximum absolute atomic E-state index is 12.2. The summed E-state index contributed by atoms with van der Waals surface area (Å²) < 4.78 is 140. The lowest BCUT2D eigenvalue weighted by Gasteiger charge is -2.34. The zero-order chi connectivity index (χ0) is 31.1. The number of alkyl halides is 9. The van der Waals surface area contributed by atoms with E-state index in [1.165, 1.54) is 103 Å². The number of unbranched alkanes of at least 4 members (excludes halogenated alkanes) is 12. The first kappa shape index (κ1) is 38.5. The van der Waals surface area contributed by atoms with Crippen LogP contribution in [0.25, 0.3) is 0 Å². The van der Waals surface area contributed by atoms with E-state index >= 15 is 0 Å². The number of hydrogen-bond acceptors (Lipinski definition) is 3. The van der Waals surface area contributed by atoms with Gasteiger partial charge in [0.25, 0.3) is 0 Å². The number of hydrogen-bond donors (Lipinski definition) is 0. The zero-order valence-electron chi connectivity index (χ0n) is 23.0. The maximum Gasteiger partial charge on any atom is 0.460 e. The van der Waals surface area contributed by atoms with E-state index in [1.807, 2.05) is 0 Å². The minimum absolute atomic E-state index is 1.19. The predicted octanol–water partition coefficient (Wildman–Crippen LogP) is 8.23. The van der Waals surface area contributed by atoms with Gasteiger partial charge in [0, 0.05) is 0 Å². The van der Waals surface area contributed by atoms with Gasteiger partial charge in [-0.2, -0.15) is 39.5 Å². The highest BCUT2D eigenvalue weighted by Crippen LogP contribution is 2.54. The Bertz CT molecular complexity index is 921. The quantitative estimate of drug-likeness (QED) is 0.0677. The van der Waals surface area contributed by atoms with Crippen molar-refractivity contribution in [1.82, 2.24) is 4.57 Å². The van der Waals surface area contributed by atoms with Crippen LogP contribution in [0.1, 0.15) is 104 Å². The van der Waals surface area contributed by atoms with E-state index in [1.54, 1.807) is 0 Å². The maximum atomic E-state index is 12.2. The Kier molecular flexibility index (Phi) is 16.8. The fourth-order valence-electron chi connectivity index (χ4n) is 3.72. The molecule has 0 saturated heterocycles. The van der Waals surface area contributed by atoms with Crippen molar-refractivity contribution in [2.75, 3.05) is 0 Å². The van der Waals surface area contributed by atoms with Gasteiger partial charge < -0.3 is 4.55 Å². The molecule has 15 heteroatoms. The van der Waals surface area contributed by atoms with Crippen LogP contribution in [0.3, 0.4) is 0 Å². The molecular formula is C25H41F9N2O3S. The Morgan fingerprint density at radius 2 is 1.10 bits per heavy atom. The zero-order valence-corrected chi connectivity index (χ0v) is 23.8. The molecule has 0 N–H and O–H groups in total. The van der Waals surface area contributed by atoms with Gasteiger partial charge in [0.05, 0.1) is 13.1 Å². The highest BCUT2D eigenvalue weighted by atomic mass is 32.2. The van der Waals surface area contributed by atoms with Crippen LogP contribution < -0.4 is 4.57 Å². The number of aromatic nitrogens is 2. The van der Waals surface area contributed by atoms with Gasteiger partial charge in [-0.15, -0.1) is 0 Å². The average Bonchev–Trinajstić information content (AvgIpc) is 3.29. The minimum Gasteiger partial charge on any atom is -0.743 e. The van der Waals surface area contributed by atoms with E-state index in [2.05, 4.69) is 41.7 Å². The lowest BCUT2D eigenvalue weighted by Crippen LogP contribution is -2.63. The van der Waals surface area contributed by atoms with Crippen molar-refractivity contribution in [2.24, 2.45) is 0 Å². The van der Waals surface area contributed by atoms with Crippen LogP contribution in [0, 0.1) is 0 Å². The smallest absolute Gasteiger partial charge is 0.460 e. The Hall–Kier alpha value is -1.51. The molecule has 0 aromatic carbocycles. The van der Waals surface area contributed by atoms with Crippen LogP contribution in [0.5, 0.6) is 0 Å². The Balaban J connectivity index is 0.000000799. The Morgan fingerprint density at radius 3 is 1.52 bits per heavy atom. The molecule has 0 atom stereocenters. The second kappa shape index (κ2) is 17.4. The van der Waals surface area contributed by atoms with Crippen LogP contribution in [0.2, 0.25) is 0 Å². The first-order valence-corrected chi connectivity index (χ1v) is 15.0. The molecule has 5 nitrogen and oxygen atoms in total. The number of rotatable bonds is 19. The van der Waals surface area contributed by atoms with Crippen LogP contribution in [0.15, 0.2) is 18.7 Å². The SMILES string of the molecule is CCCCCCCCCCCn1cc[n+](CCCCCCC)c1.O=S(=O)([O-])C(F)(F)C(F)(F)C(F)(F)C(F)(F)F. The Morgan fingerprint density at radius 1 is 0.675 bits per heavy atom. The second-order valence-corrected chi connectivity index (χ2v) is 11.2. The van der Waals surface area contributed by atoms with Gasteiger partial charge in [0.15, 0.2) is 10.1 Å². The standard InChI is InChI=1S/C21H41N2.C4HF9O3S/c1-3-5-7-9-10-11-12-14-16-18-23-20-19-22(21-23)17-15-13-8-6-4-2;5-1(6,3(9,10)11)2(7,8)4(12,13)17(14,15)16/h19-21H,3-18H2,1-2H3;(H,14,15,16)/q+1;/p-1. The van der Waals surface area contributed by atoms with Gasteiger partial charge >= 0.3 is 23.3 Å². The molecule has 40 heavy (non-hydrogen) atoms. The summed E-state index contributed by atoms with van der Waals surface area (Å²) in [6.07, 6.45) is 19.2. The molecule has 0 fully saturated rings. The van der Waals surface area contributed by atoms with E-state index < -0.39 is 33.4 Å². The fraction of sp³-hybridized carbons (Fsp3) is 0.880. The van der Waals surface area contributed by atoms with Crippen molar-refractivity contribution in [3.05, 3.63) is 18.7 Å². The van der Waals surface area contributed by atoms with Crippen molar-refractivity contribution < 1.29 is 57.1 Å². The van der Waals surface area contributed by atoms with Gasteiger partial charge in [-0.3, -0.25) is 0 Å². The molecule has 0 unspecified atom stereocenters. The van der Waals surface area contributed by atoms with Gasteiger partial charge in [0.1, 0.15) is 12.4 Å². The number of halogens is 9. The molecule has 238 valence electrons. The molecule has 0 bridgehead atoms. The normalized spacial score (nSPS) is 13.3. The van der Waals surface area contributed by atoms with E-state index in [0.717, 1.165) is 0 Å². The molecule has 0 amide bonds. The molecule has 0 aliphatic rings. The highest BCUT2D eigenvalue weighted by Gasteiger charge is 2.83. The highest BCUT2D eigenvalue weighted by molar-refractivity contribution is 7.86. The monoisotopic (exact) mass is 620 g/mol. The topological polar surface area (TPSA) is 66.0 Å². The van der Waals surface area contributed by atoms with Crippen LogP contribution in [0.4, 0.5) is 39.5 Å². The molecule has 0 spiro atoms. The van der Waals surface area contributed by atoms with Crippen molar-refractivity contribution in [2.45, 2.75) is 140 Å². The summed E-state index contributed by atoms with van der Waals surface area (Å²) in [4.78, 5) is 0. The van der Waals surface area contributed by atoms with Gasteiger partial charge in [-0.05, 0) is 25.7 Å². The molecule has 0 radical (unpaired) electrons. The van der Waals surface area contributed by atoms with Crippen molar-refractivity contribution in [3.8, 4) is 0 Å². The largest absolute Gasteiger partial charge is 0.743 e. The molecular weight excluding hydrogens is 579 g/mol. The summed E-state index contributed by atoms with van der Waals surface area (Å²) >= 11 is 0. The molecule has 0 saturated carbocycles. The van der Waals surface area contributed by atoms with Gasteiger partial charge in [-0.25, -0.2) is 17.6 Å². The third-order valence-corrected chi connectivity index (χ3v) is 7.10. The van der Waals surface area contributed by atoms with Crippen molar-refractivity contribution in [1.29, 1.82) is 0 Å². The van der Waals surface area contributed by atoms with Crippen molar-refractivity contribution in [3.63, 3.8) is 0 Å². The first-order chi connectivity index (χ1) is 18.4. The number of aryl methyl sites for hydroxylation is 2. The average molecular weight is 621 g/mol. The van der Waals surface area contributed by atoms with Gasteiger partial charge in [-0.1, -0.05) is 78.1 Å². The van der Waals surface area contributed by atoms with Crippen LogP contribution in [-0.2, 0) is 23.2 Å². The first-order valence-electron chi connectivity index (χ1n) is 13.6. The van der Waals surface area contributed by atoms with Crippen molar-refractivity contribution >= 4 is 10.1 Å². The van der Waals surface area contributed by atoms with E-state index in [0.29, 0.717) is 0 Å². The molecule has 0 aliphatic carbocycles. The summed E-state index contributed by atoms with van der Waals surface area (Å²) in [7, 11) is -7.42. The van der Waals surface area contributed by atoms with Crippen LogP contribution >= 0.6 is 0 Å². The summed E-state index contributed by atoms with van der Waals surface area (Å²) in [5.74, 6) is -14.8. The lowest BCUT2D eigenvalue weighted by molar-refractivity contribution is -0.696. The number of imidazole rings is 1. The molecule has 1 heterocycles. The Labute approximate surface area is 230 Å². The molecule has 0 aliphatic heterocycles. The minimum atomic E-state index is -7.43. The third kappa shape index (κ3) is 12.2. The van der Waals surface area contributed by atoms with E-state index in [4.69, 9.17) is 0 Å². The summed E-state index contributed by atoms with van der Waals surface area (Å²) in [5, 5.41) is -7.11. The van der Waals surface area contributed by atoms with E-state index in [-0.39, 0.29) is 0 Å². The van der Waals surface area contributed by atoms with Crippen LogP contribution in [-0.4, -0.2) is 40.8 Å². The molecule has 1 aromatic heterocycles. The predicted molar refractivity (Wildman–Crippen MR) is 131 cm³/mol. The summed E-state index contributed by atoms with van der Waals surface area (Å²) in [6, 6.07) is 0. The lowest BCUT2D eigenvalue weighted by atomic mass is 10.1. The summed E-state index contributed by atoms with van der Waals surface area (Å²) in [5.41, 5.74) is 0. The fourth-order valence-corrected chi connectivity index (χ4v) is 4.17. The van der Waals surface area contributed by atoms with E-state index in [9.17, 15) is 52.5 Å². The van der Waals surface area contributed by atoms with Gasteiger partial charge in [0.2, 0.25) is 6.33 Å². The molecule has 1 aromatic rings. The second-order valence-electron chi connectivity index (χ2n) is 9.75. The molecule has 1 rings (SSSR count).